The van der Waals surface area contributed by atoms with Crippen molar-refractivity contribution in [3.8, 4) is 17.1 Å². The van der Waals surface area contributed by atoms with Gasteiger partial charge in [0.05, 0.1) is 18.1 Å². The fourth-order valence-corrected chi connectivity index (χ4v) is 3.52. The molecule has 0 aliphatic carbocycles. The van der Waals surface area contributed by atoms with E-state index in [4.69, 9.17) is 4.74 Å². The van der Waals surface area contributed by atoms with Crippen LogP contribution in [0.15, 0.2) is 73.1 Å². The highest BCUT2D eigenvalue weighted by atomic mass is 16.5. The van der Waals surface area contributed by atoms with Gasteiger partial charge in [0.15, 0.2) is 12.4 Å². The van der Waals surface area contributed by atoms with E-state index in [2.05, 4.69) is 15.3 Å². The number of piperidine rings is 1. The van der Waals surface area contributed by atoms with E-state index < -0.39 is 0 Å². The van der Waals surface area contributed by atoms with Crippen LogP contribution in [-0.2, 0) is 9.59 Å². The molecule has 4 rings (SSSR count). The summed E-state index contributed by atoms with van der Waals surface area (Å²) in [5.74, 6) is 1.01. The Balaban J connectivity index is 1.24. The molecule has 2 heterocycles. The molecule has 158 valence electrons. The lowest BCUT2D eigenvalue weighted by atomic mass is 9.96. The number of aromatic nitrogens is 2. The maximum Gasteiger partial charge on any atom is 0.260 e. The van der Waals surface area contributed by atoms with Crippen molar-refractivity contribution in [1.29, 1.82) is 0 Å². The van der Waals surface area contributed by atoms with Crippen molar-refractivity contribution in [2.75, 3.05) is 25.0 Å². The summed E-state index contributed by atoms with van der Waals surface area (Å²) in [6.07, 6.45) is 4.47. The van der Waals surface area contributed by atoms with Crippen LogP contribution < -0.4 is 10.1 Å². The van der Waals surface area contributed by atoms with Crippen LogP contribution in [0.3, 0.4) is 0 Å². The number of hydrogen-bond donors (Lipinski definition) is 1. The third-order valence-corrected chi connectivity index (χ3v) is 5.28. The molecule has 1 aliphatic heterocycles. The number of hydrogen-bond acceptors (Lipinski definition) is 5. The molecular weight excluding hydrogens is 392 g/mol. The molecule has 1 aromatic heterocycles. The van der Waals surface area contributed by atoms with E-state index in [1.807, 2.05) is 60.7 Å². The number of amides is 2. The summed E-state index contributed by atoms with van der Waals surface area (Å²) in [6.45, 7) is 1.09. The molecule has 1 aliphatic rings. The van der Waals surface area contributed by atoms with Crippen molar-refractivity contribution in [2.24, 2.45) is 5.92 Å². The summed E-state index contributed by atoms with van der Waals surface area (Å²) in [4.78, 5) is 35.4. The van der Waals surface area contributed by atoms with Gasteiger partial charge in [-0.3, -0.25) is 9.59 Å². The molecular formula is C24H24N4O3. The average Bonchev–Trinajstić information content (AvgIpc) is 2.84. The molecule has 31 heavy (non-hydrogen) atoms. The normalized spacial score (nSPS) is 14.1. The fraction of sp³-hybridized carbons (Fsp3) is 0.250. The molecule has 0 unspecified atom stereocenters. The lowest BCUT2D eigenvalue weighted by molar-refractivity contribution is -0.136. The standard InChI is InChI=1S/C24H24N4O3/c29-22(17-31-21-9-5-2-6-10-21)28-13-11-19(12-14-28)24(30)27-20-15-25-23(26-16-20)18-7-3-1-4-8-18/h1-10,15-16,19H,11-14,17H2,(H,27,30). The fourth-order valence-electron chi connectivity index (χ4n) is 3.52. The van der Waals surface area contributed by atoms with Crippen LogP contribution in [0, 0.1) is 5.92 Å². The number of benzene rings is 2. The molecule has 2 amide bonds. The van der Waals surface area contributed by atoms with E-state index in [0.717, 1.165) is 5.56 Å². The summed E-state index contributed by atoms with van der Waals surface area (Å²) in [6, 6.07) is 18.9. The third-order valence-electron chi connectivity index (χ3n) is 5.28. The average molecular weight is 416 g/mol. The predicted octanol–water partition coefficient (Wildman–Crippen LogP) is 3.40. The molecule has 2 aromatic carbocycles. The van der Waals surface area contributed by atoms with Crippen LogP contribution in [0.4, 0.5) is 5.69 Å². The number of nitrogens with zero attached hydrogens (tertiary/aromatic N) is 3. The predicted molar refractivity (Wildman–Crippen MR) is 117 cm³/mol. The van der Waals surface area contributed by atoms with Gasteiger partial charge in [0.2, 0.25) is 5.91 Å². The van der Waals surface area contributed by atoms with E-state index in [9.17, 15) is 9.59 Å². The number of nitrogens with one attached hydrogen (secondary N) is 1. The van der Waals surface area contributed by atoms with Crippen LogP contribution in [0.5, 0.6) is 5.75 Å². The molecule has 0 bridgehead atoms. The van der Waals surface area contributed by atoms with Crippen molar-refractivity contribution in [2.45, 2.75) is 12.8 Å². The third kappa shape index (κ3) is 5.45. The Morgan fingerprint density at radius 1 is 0.935 bits per heavy atom. The second kappa shape index (κ2) is 9.84. The van der Waals surface area contributed by atoms with Crippen molar-refractivity contribution in [1.82, 2.24) is 14.9 Å². The van der Waals surface area contributed by atoms with Crippen molar-refractivity contribution >= 4 is 17.5 Å². The number of anilines is 1. The molecule has 0 atom stereocenters. The van der Waals surface area contributed by atoms with Gasteiger partial charge in [0, 0.05) is 24.6 Å². The van der Waals surface area contributed by atoms with Gasteiger partial charge in [-0.15, -0.1) is 0 Å². The number of rotatable bonds is 6. The quantitative estimate of drug-likeness (QED) is 0.666. The summed E-state index contributed by atoms with van der Waals surface area (Å²) < 4.78 is 5.53. The van der Waals surface area contributed by atoms with E-state index in [1.165, 1.54) is 0 Å². The number of para-hydroxylation sites is 1. The minimum atomic E-state index is -0.145. The van der Waals surface area contributed by atoms with E-state index in [0.29, 0.717) is 43.2 Å². The van der Waals surface area contributed by atoms with Crippen molar-refractivity contribution < 1.29 is 14.3 Å². The molecule has 0 radical (unpaired) electrons. The molecule has 0 saturated carbocycles. The molecule has 1 N–H and O–H groups in total. The second-order valence-electron chi connectivity index (χ2n) is 7.41. The molecule has 1 fully saturated rings. The van der Waals surface area contributed by atoms with Gasteiger partial charge < -0.3 is 15.0 Å². The van der Waals surface area contributed by atoms with Gasteiger partial charge in [-0.05, 0) is 25.0 Å². The zero-order valence-electron chi connectivity index (χ0n) is 17.1. The molecule has 7 nitrogen and oxygen atoms in total. The first-order valence-electron chi connectivity index (χ1n) is 10.3. The molecule has 3 aromatic rings. The Morgan fingerprint density at radius 2 is 1.55 bits per heavy atom. The highest BCUT2D eigenvalue weighted by molar-refractivity contribution is 5.92. The largest absolute Gasteiger partial charge is 0.484 e. The van der Waals surface area contributed by atoms with Gasteiger partial charge >= 0.3 is 0 Å². The zero-order valence-corrected chi connectivity index (χ0v) is 17.1. The van der Waals surface area contributed by atoms with Crippen molar-refractivity contribution in [3.05, 3.63) is 73.1 Å². The Kier molecular flexibility index (Phi) is 6.52. The first-order valence-corrected chi connectivity index (χ1v) is 10.3. The summed E-state index contributed by atoms with van der Waals surface area (Å²) in [5.41, 5.74) is 1.49. The van der Waals surface area contributed by atoms with E-state index >= 15 is 0 Å². The van der Waals surface area contributed by atoms with E-state index in [-0.39, 0.29) is 24.3 Å². The minimum Gasteiger partial charge on any atom is -0.484 e. The van der Waals surface area contributed by atoms with Gasteiger partial charge in [-0.25, -0.2) is 9.97 Å². The van der Waals surface area contributed by atoms with Gasteiger partial charge in [0.25, 0.3) is 5.91 Å². The van der Waals surface area contributed by atoms with Crippen molar-refractivity contribution in [3.63, 3.8) is 0 Å². The summed E-state index contributed by atoms with van der Waals surface area (Å²) >= 11 is 0. The maximum atomic E-state index is 12.6. The molecule has 1 saturated heterocycles. The zero-order chi connectivity index (χ0) is 21.5. The Labute approximate surface area is 181 Å². The van der Waals surface area contributed by atoms with E-state index in [1.54, 1.807) is 17.3 Å². The number of ether oxygens (including phenoxy) is 1. The maximum absolute atomic E-state index is 12.6. The topological polar surface area (TPSA) is 84.4 Å². The lowest BCUT2D eigenvalue weighted by Crippen LogP contribution is -2.43. The van der Waals surface area contributed by atoms with Crippen LogP contribution in [0.1, 0.15) is 12.8 Å². The second-order valence-corrected chi connectivity index (χ2v) is 7.41. The van der Waals surface area contributed by atoms with Crippen LogP contribution >= 0.6 is 0 Å². The van der Waals surface area contributed by atoms with Gasteiger partial charge in [0.1, 0.15) is 5.75 Å². The van der Waals surface area contributed by atoms with Gasteiger partial charge in [-0.1, -0.05) is 48.5 Å². The van der Waals surface area contributed by atoms with Crippen LogP contribution in [0.25, 0.3) is 11.4 Å². The lowest BCUT2D eigenvalue weighted by Gasteiger charge is -2.31. The first kappa shape index (κ1) is 20.5. The van der Waals surface area contributed by atoms with Crippen LogP contribution in [-0.4, -0.2) is 46.4 Å². The summed E-state index contributed by atoms with van der Waals surface area (Å²) in [7, 11) is 0. The molecule has 0 spiro atoms. The smallest absolute Gasteiger partial charge is 0.260 e. The number of carbonyl (C=O) groups is 2. The number of likely N-dealkylation sites (tertiary alicyclic amines) is 1. The molecule has 7 heteroatoms. The highest BCUT2D eigenvalue weighted by Gasteiger charge is 2.27. The SMILES string of the molecule is O=C(Nc1cnc(-c2ccccc2)nc1)C1CCN(C(=O)COc2ccccc2)CC1. The van der Waals surface area contributed by atoms with Gasteiger partial charge in [-0.2, -0.15) is 0 Å². The Hall–Kier alpha value is -3.74. The number of carbonyl (C=O) groups excluding carboxylic acids is 2. The van der Waals surface area contributed by atoms with Crippen LogP contribution in [0.2, 0.25) is 0 Å². The Morgan fingerprint density at radius 3 is 2.19 bits per heavy atom. The highest BCUT2D eigenvalue weighted by Crippen LogP contribution is 2.20. The monoisotopic (exact) mass is 416 g/mol. The first-order chi connectivity index (χ1) is 15.2. The summed E-state index contributed by atoms with van der Waals surface area (Å²) in [5, 5.41) is 2.89. The Bertz CT molecular complexity index is 1000. The minimum absolute atomic E-state index is 0.00593.